The Morgan fingerprint density at radius 2 is 0.879 bits per heavy atom. The number of hydrogen-bond donors (Lipinski definition) is 4. The van der Waals surface area contributed by atoms with Crippen LogP contribution in [0.2, 0.25) is 0 Å². The number of aliphatic hydroxyl groups excluding tert-OH is 3. The number of rotatable bonds is 40. The highest BCUT2D eigenvalue weighted by atomic mass is 32.2. The van der Waals surface area contributed by atoms with Gasteiger partial charge in [-0.05, 0) is 12.8 Å². The first-order chi connectivity index (χ1) is 28.0. The Balaban J connectivity index is 2.41. The lowest BCUT2D eigenvalue weighted by molar-refractivity contribution is -0.297. The van der Waals surface area contributed by atoms with Crippen LogP contribution in [0.3, 0.4) is 0 Å². The molecule has 0 aliphatic carbocycles. The van der Waals surface area contributed by atoms with Crippen LogP contribution in [-0.2, 0) is 38.7 Å². The second-order valence-corrected chi connectivity index (χ2v) is 18.3. The summed E-state index contributed by atoms with van der Waals surface area (Å²) in [7, 11) is -4.60. The van der Waals surface area contributed by atoms with Crippen LogP contribution in [0.4, 0.5) is 0 Å². The first kappa shape index (κ1) is 54.7. The van der Waals surface area contributed by atoms with Gasteiger partial charge in [-0.25, -0.2) is 0 Å². The van der Waals surface area contributed by atoms with Crippen LogP contribution in [0.25, 0.3) is 0 Å². The van der Waals surface area contributed by atoms with Gasteiger partial charge in [0.25, 0.3) is 10.1 Å². The predicted molar refractivity (Wildman–Crippen MR) is 229 cm³/mol. The third-order valence-corrected chi connectivity index (χ3v) is 11.9. The lowest BCUT2D eigenvalue weighted by Crippen LogP contribution is -2.60. The Bertz CT molecular complexity index is 1090. The molecule has 1 rings (SSSR count). The van der Waals surface area contributed by atoms with E-state index in [0.717, 1.165) is 38.5 Å². The van der Waals surface area contributed by atoms with Gasteiger partial charge in [-0.1, -0.05) is 194 Å². The molecule has 6 atom stereocenters. The topological polar surface area (TPSA) is 186 Å². The fourth-order valence-corrected chi connectivity index (χ4v) is 8.19. The number of carbonyl (C=O) groups is 2. The average molecular weight is 851 g/mol. The number of ether oxygens (including phenoxy) is 4. The largest absolute Gasteiger partial charge is 0.462 e. The summed E-state index contributed by atoms with van der Waals surface area (Å²) in [5.74, 6) is -1.96. The van der Waals surface area contributed by atoms with E-state index < -0.39 is 71.2 Å². The van der Waals surface area contributed by atoms with Crippen molar-refractivity contribution in [2.75, 3.05) is 19.0 Å². The van der Waals surface area contributed by atoms with Gasteiger partial charge in [0.05, 0.1) is 6.61 Å². The molecule has 0 bridgehead atoms. The molecule has 0 aromatic rings. The smallest absolute Gasteiger partial charge is 0.306 e. The standard InChI is InChI=1S/C45H86O12S/c1-3-5-7-9-11-13-15-17-19-21-23-25-27-29-31-33-40(46)54-35-38(36-55-45-44(50)43(49)42(48)39(57-45)37-58(51,52)53)56-41(47)34-32-30-28-26-24-22-20-18-16-14-12-10-8-6-4-2/h38-39,42-45,48-50H,3-37H2,1-2H3,(H,51,52,53)/t38?,39-,42-,43+,44-,45+/m1/s1. The van der Waals surface area contributed by atoms with E-state index >= 15 is 0 Å². The van der Waals surface area contributed by atoms with Crippen LogP contribution in [0.5, 0.6) is 0 Å². The third kappa shape index (κ3) is 30.6. The zero-order valence-electron chi connectivity index (χ0n) is 36.7. The van der Waals surface area contributed by atoms with E-state index in [2.05, 4.69) is 13.8 Å². The number of aliphatic hydroxyl groups is 3. The molecule has 1 fully saturated rings. The quantitative estimate of drug-likeness (QED) is 0.0260. The number of esters is 2. The summed E-state index contributed by atoms with van der Waals surface area (Å²) in [6.07, 6.45) is 27.1. The fourth-order valence-electron chi connectivity index (χ4n) is 7.50. The Kier molecular flexibility index (Phi) is 34.2. The van der Waals surface area contributed by atoms with Gasteiger partial charge in [-0.15, -0.1) is 0 Å². The van der Waals surface area contributed by atoms with Crippen molar-refractivity contribution in [1.82, 2.24) is 0 Å². The molecule has 1 unspecified atom stereocenters. The first-order valence-corrected chi connectivity index (χ1v) is 25.2. The molecule has 0 aromatic carbocycles. The highest BCUT2D eigenvalue weighted by Crippen LogP contribution is 2.24. The fraction of sp³-hybridized carbons (Fsp3) is 0.956. The molecular formula is C45H86O12S. The Morgan fingerprint density at radius 3 is 1.26 bits per heavy atom. The van der Waals surface area contributed by atoms with Crippen LogP contribution in [0.1, 0.15) is 219 Å². The molecule has 0 amide bonds. The molecule has 58 heavy (non-hydrogen) atoms. The van der Waals surface area contributed by atoms with Crippen molar-refractivity contribution < 1.29 is 56.8 Å². The van der Waals surface area contributed by atoms with E-state index in [1.807, 2.05) is 0 Å². The van der Waals surface area contributed by atoms with Gasteiger partial charge in [0.1, 0.15) is 36.8 Å². The van der Waals surface area contributed by atoms with Gasteiger partial charge in [0.2, 0.25) is 0 Å². The van der Waals surface area contributed by atoms with Gasteiger partial charge in [0.15, 0.2) is 12.4 Å². The van der Waals surface area contributed by atoms with Crippen molar-refractivity contribution >= 4 is 22.1 Å². The molecule has 0 spiro atoms. The lowest BCUT2D eigenvalue weighted by Gasteiger charge is -2.40. The average Bonchev–Trinajstić information content (AvgIpc) is 3.18. The number of carbonyl (C=O) groups excluding carboxylic acids is 2. The van der Waals surface area contributed by atoms with Gasteiger partial charge in [0, 0.05) is 12.8 Å². The molecule has 0 saturated carbocycles. The first-order valence-electron chi connectivity index (χ1n) is 23.6. The van der Waals surface area contributed by atoms with E-state index in [1.165, 1.54) is 141 Å². The summed E-state index contributed by atoms with van der Waals surface area (Å²) >= 11 is 0. The number of hydrogen-bond acceptors (Lipinski definition) is 11. The van der Waals surface area contributed by atoms with Crippen LogP contribution >= 0.6 is 0 Å². The van der Waals surface area contributed by atoms with Gasteiger partial charge in [-0.3, -0.25) is 14.1 Å². The Morgan fingerprint density at radius 1 is 0.517 bits per heavy atom. The van der Waals surface area contributed by atoms with E-state index in [9.17, 15) is 37.9 Å². The van der Waals surface area contributed by atoms with Gasteiger partial charge in [-0.2, -0.15) is 8.42 Å². The van der Waals surface area contributed by atoms with Gasteiger partial charge >= 0.3 is 11.9 Å². The lowest BCUT2D eigenvalue weighted by atomic mass is 10.00. The SMILES string of the molecule is CCCCCCCCCCCCCCCCCC(=O)OCC(CO[C@H]1O[C@H](CS(=O)(=O)O)[C@@H](O)[C@H](O)[C@H]1O)OC(=O)CCCCCCCCCCCCCCCCC. The minimum atomic E-state index is -4.60. The molecule has 0 radical (unpaired) electrons. The molecule has 1 aliphatic rings. The van der Waals surface area contributed by atoms with Crippen LogP contribution in [-0.4, -0.2) is 96.0 Å². The monoisotopic (exact) mass is 851 g/mol. The van der Waals surface area contributed by atoms with Crippen molar-refractivity contribution in [3.63, 3.8) is 0 Å². The molecule has 4 N–H and O–H groups in total. The Hall–Kier alpha value is -1.35. The van der Waals surface area contributed by atoms with Crippen LogP contribution in [0, 0.1) is 0 Å². The summed E-state index contributed by atoms with van der Waals surface area (Å²) in [5, 5.41) is 30.9. The van der Waals surface area contributed by atoms with Crippen LogP contribution < -0.4 is 0 Å². The van der Waals surface area contributed by atoms with Crippen molar-refractivity contribution in [3.8, 4) is 0 Å². The third-order valence-electron chi connectivity index (χ3n) is 11.2. The summed E-state index contributed by atoms with van der Waals surface area (Å²) in [5.41, 5.74) is 0. The molecule has 1 heterocycles. The van der Waals surface area contributed by atoms with E-state index in [0.29, 0.717) is 12.8 Å². The van der Waals surface area contributed by atoms with Crippen molar-refractivity contribution in [3.05, 3.63) is 0 Å². The summed E-state index contributed by atoms with van der Waals surface area (Å²) in [4.78, 5) is 25.4. The predicted octanol–water partition coefficient (Wildman–Crippen LogP) is 9.68. The molecule has 1 aliphatic heterocycles. The molecular weight excluding hydrogens is 765 g/mol. The van der Waals surface area contributed by atoms with Crippen LogP contribution in [0.15, 0.2) is 0 Å². The maximum Gasteiger partial charge on any atom is 0.306 e. The highest BCUT2D eigenvalue weighted by molar-refractivity contribution is 7.85. The molecule has 13 heteroatoms. The summed E-state index contributed by atoms with van der Waals surface area (Å²) in [6, 6.07) is 0. The normalized spacial score (nSPS) is 20.3. The second kappa shape index (κ2) is 36.3. The van der Waals surface area contributed by atoms with Gasteiger partial charge < -0.3 is 34.3 Å². The van der Waals surface area contributed by atoms with E-state index in [-0.39, 0.29) is 19.4 Å². The second-order valence-electron chi connectivity index (χ2n) is 16.8. The molecule has 0 aromatic heterocycles. The summed E-state index contributed by atoms with van der Waals surface area (Å²) in [6.45, 7) is 3.79. The van der Waals surface area contributed by atoms with Crippen molar-refractivity contribution in [2.45, 2.75) is 256 Å². The van der Waals surface area contributed by atoms with Crippen molar-refractivity contribution in [1.29, 1.82) is 0 Å². The zero-order chi connectivity index (χ0) is 42.7. The maximum absolute atomic E-state index is 12.8. The summed E-state index contributed by atoms with van der Waals surface area (Å²) < 4.78 is 54.1. The maximum atomic E-state index is 12.8. The molecule has 12 nitrogen and oxygen atoms in total. The van der Waals surface area contributed by atoms with Crippen molar-refractivity contribution in [2.24, 2.45) is 0 Å². The van der Waals surface area contributed by atoms with E-state index in [1.54, 1.807) is 0 Å². The molecule has 1 saturated heterocycles. The minimum absolute atomic E-state index is 0.172. The highest BCUT2D eigenvalue weighted by Gasteiger charge is 2.46. The number of unbranched alkanes of at least 4 members (excludes halogenated alkanes) is 28. The minimum Gasteiger partial charge on any atom is -0.462 e. The zero-order valence-corrected chi connectivity index (χ0v) is 37.5. The Labute approximate surface area is 353 Å². The molecule has 344 valence electrons. The van der Waals surface area contributed by atoms with E-state index in [4.69, 9.17) is 18.9 Å².